The number of hydrogen-bond donors (Lipinski definition) is 1. The van der Waals surface area contributed by atoms with Crippen LogP contribution >= 0.6 is 0 Å². The first kappa shape index (κ1) is 43.3. The summed E-state index contributed by atoms with van der Waals surface area (Å²) in [5.41, 5.74) is -4.22. The van der Waals surface area contributed by atoms with Crippen molar-refractivity contribution >= 4 is 44.4 Å². The summed E-state index contributed by atoms with van der Waals surface area (Å²) >= 11 is 0. The molecule has 1 N–H and O–H groups in total. The van der Waals surface area contributed by atoms with Gasteiger partial charge in [-0.3, -0.25) is 23.9 Å². The number of amides is 2. The molecule has 1 saturated heterocycles. The molecule has 0 bridgehead atoms. The quantitative estimate of drug-likeness (QED) is 0.214. The van der Waals surface area contributed by atoms with E-state index in [0.717, 1.165) is 19.2 Å². The molecule has 2 aliphatic carbocycles. The van der Waals surface area contributed by atoms with Crippen LogP contribution in [0, 0.1) is 23.2 Å². The number of nitrogens with one attached hydrogen (secondary N) is 1. The number of carbonyl (C=O) groups is 4. The number of aromatic nitrogens is 1. The van der Waals surface area contributed by atoms with E-state index >= 15 is 0 Å². The first-order chi connectivity index (χ1) is 27.2. The van der Waals surface area contributed by atoms with Crippen LogP contribution in [0.2, 0.25) is 0 Å². The average molecular weight is 836 g/mol. The number of Topliss-reactive ketones (excluding diaryl/α,β-unsaturated/α-hetero) is 1. The van der Waals surface area contributed by atoms with Crippen LogP contribution in [-0.4, -0.2) is 97.9 Å². The van der Waals surface area contributed by atoms with Crippen LogP contribution in [0.4, 0.5) is 13.2 Å². The van der Waals surface area contributed by atoms with Gasteiger partial charge in [0.15, 0.2) is 5.78 Å². The molecule has 1 aromatic carbocycles. The van der Waals surface area contributed by atoms with Crippen molar-refractivity contribution in [3.8, 4) is 11.6 Å². The first-order valence-electron chi connectivity index (χ1n) is 19.7. The Morgan fingerprint density at radius 1 is 1.09 bits per heavy atom. The molecule has 0 unspecified atom stereocenters. The maximum atomic E-state index is 14.9. The highest BCUT2D eigenvalue weighted by atomic mass is 32.2. The van der Waals surface area contributed by atoms with Crippen molar-refractivity contribution in [3.63, 3.8) is 0 Å². The monoisotopic (exact) mass is 835 g/mol. The first-order valence-corrected chi connectivity index (χ1v) is 21.2. The molecule has 2 aromatic rings. The van der Waals surface area contributed by atoms with Crippen molar-refractivity contribution < 1.29 is 59.7 Å². The van der Waals surface area contributed by atoms with Gasteiger partial charge in [-0.25, -0.2) is 13.4 Å². The Morgan fingerprint density at radius 2 is 1.83 bits per heavy atom. The van der Waals surface area contributed by atoms with Crippen molar-refractivity contribution in [2.24, 2.45) is 23.2 Å². The third-order valence-corrected chi connectivity index (χ3v) is 14.5. The van der Waals surface area contributed by atoms with Gasteiger partial charge in [0.2, 0.25) is 33.3 Å². The van der Waals surface area contributed by atoms with Gasteiger partial charge in [0.25, 0.3) is 0 Å². The van der Waals surface area contributed by atoms with Gasteiger partial charge in [0.05, 0.1) is 42.2 Å². The number of pyridine rings is 1. The summed E-state index contributed by atoms with van der Waals surface area (Å²) in [5, 5.41) is 1.38. The predicted octanol–water partition coefficient (Wildman–Crippen LogP) is 5.84. The van der Waals surface area contributed by atoms with Gasteiger partial charge < -0.3 is 23.8 Å². The molecule has 2 aliphatic heterocycles. The van der Waals surface area contributed by atoms with Crippen LogP contribution in [0.5, 0.6) is 11.6 Å². The van der Waals surface area contributed by atoms with E-state index < -0.39 is 91.8 Å². The Hall–Kier alpha value is -4.25. The molecule has 0 radical (unpaired) electrons. The lowest BCUT2D eigenvalue weighted by Gasteiger charge is -2.33. The number of ketones is 1. The summed E-state index contributed by atoms with van der Waals surface area (Å²) in [6, 6.07) is 5.87. The largest absolute Gasteiger partial charge is 0.497 e. The Bertz CT molecular complexity index is 2050. The van der Waals surface area contributed by atoms with Gasteiger partial charge in [0, 0.05) is 38.1 Å². The Kier molecular flexibility index (Phi) is 12.3. The molecule has 2 amide bonds. The van der Waals surface area contributed by atoms with Gasteiger partial charge >= 0.3 is 12.1 Å². The highest BCUT2D eigenvalue weighted by Gasteiger charge is 2.63. The van der Waals surface area contributed by atoms with Crippen LogP contribution in [-0.2, 0) is 38.7 Å². The standard InChI is InChI=1S/C41H52F3N3O10S/c1-38(2,41(42,43)44)57-34(49)20-31-26(24-54-4)10-8-6-7-9-11-27-21-40(27,37(51)46-58(52,53)39(3)15-16-39)22-33(48)32-19-29(23-47(32)36(31)50)56-35-30-13-12-28(55-5)18-25(30)14-17-45-35/h9,11-14,17-18,26-27,29,31-32H,6-8,10,15-16,19-24H2,1-5H3,(H,46,51)/b11-9-/t26-,27+,29+,31-,32-,40+/m0/s1. The van der Waals surface area contributed by atoms with E-state index in [4.69, 9.17) is 18.9 Å². The summed E-state index contributed by atoms with van der Waals surface area (Å²) in [4.78, 5) is 62.6. The van der Waals surface area contributed by atoms with Crippen LogP contribution in [0.3, 0.4) is 0 Å². The van der Waals surface area contributed by atoms with E-state index in [1.807, 2.05) is 12.2 Å². The van der Waals surface area contributed by atoms with Gasteiger partial charge in [0.1, 0.15) is 11.9 Å². The maximum Gasteiger partial charge on any atom is 0.427 e. The predicted molar refractivity (Wildman–Crippen MR) is 205 cm³/mol. The average Bonchev–Trinajstić information content (AvgIpc) is 4.03. The van der Waals surface area contributed by atoms with E-state index in [1.54, 1.807) is 37.4 Å². The number of ether oxygens (including phenoxy) is 4. The molecule has 3 fully saturated rings. The van der Waals surface area contributed by atoms with Crippen LogP contribution in [0.1, 0.15) is 85.0 Å². The smallest absolute Gasteiger partial charge is 0.427 e. The lowest BCUT2D eigenvalue weighted by Crippen LogP contribution is -2.49. The number of halogens is 3. The number of methoxy groups -OCH3 is 2. The van der Waals surface area contributed by atoms with Gasteiger partial charge in [-0.15, -0.1) is 0 Å². The Morgan fingerprint density at radius 3 is 2.50 bits per heavy atom. The van der Waals surface area contributed by atoms with Crippen molar-refractivity contribution in [2.75, 3.05) is 27.4 Å². The van der Waals surface area contributed by atoms with Gasteiger partial charge in [-0.2, -0.15) is 13.2 Å². The molecule has 0 spiro atoms. The van der Waals surface area contributed by atoms with Crippen molar-refractivity contribution in [3.05, 3.63) is 42.6 Å². The van der Waals surface area contributed by atoms with E-state index in [2.05, 4.69) is 9.71 Å². The van der Waals surface area contributed by atoms with Crippen LogP contribution in [0.15, 0.2) is 42.6 Å². The second kappa shape index (κ2) is 16.4. The van der Waals surface area contributed by atoms with E-state index in [-0.39, 0.29) is 38.3 Å². The van der Waals surface area contributed by atoms with Crippen molar-refractivity contribution in [1.82, 2.24) is 14.6 Å². The highest BCUT2D eigenvalue weighted by molar-refractivity contribution is 7.91. The summed E-state index contributed by atoms with van der Waals surface area (Å²) in [7, 11) is -1.08. The number of sulfonamides is 1. The maximum absolute atomic E-state index is 14.9. The summed E-state index contributed by atoms with van der Waals surface area (Å²) in [5.74, 6) is -4.70. The van der Waals surface area contributed by atoms with E-state index in [9.17, 15) is 40.8 Å². The molecule has 318 valence electrons. The van der Waals surface area contributed by atoms with E-state index in [0.29, 0.717) is 49.7 Å². The number of rotatable bonds is 11. The third-order valence-electron chi connectivity index (χ3n) is 12.3. The zero-order valence-corrected chi connectivity index (χ0v) is 34.2. The molecular formula is C41H52F3N3O10S. The number of fused-ring (bicyclic) bond motifs is 3. The van der Waals surface area contributed by atoms with Gasteiger partial charge in [-0.1, -0.05) is 18.6 Å². The normalized spacial score (nSPS) is 28.3. The summed E-state index contributed by atoms with van der Waals surface area (Å²) in [6.07, 6.45) is 1.59. The summed E-state index contributed by atoms with van der Waals surface area (Å²) in [6.45, 7) is 2.86. The number of allylic oxidation sites excluding steroid dienone is 2. The number of nitrogens with zero attached hydrogens (tertiary/aromatic N) is 2. The van der Waals surface area contributed by atoms with Crippen molar-refractivity contribution in [2.45, 2.75) is 114 Å². The molecule has 58 heavy (non-hydrogen) atoms. The highest BCUT2D eigenvalue weighted by Crippen LogP contribution is 2.57. The number of esters is 1. The minimum Gasteiger partial charge on any atom is -0.497 e. The van der Waals surface area contributed by atoms with E-state index in [1.165, 1.54) is 19.1 Å². The molecule has 17 heteroatoms. The molecule has 6 rings (SSSR count). The van der Waals surface area contributed by atoms with Crippen LogP contribution < -0.4 is 14.2 Å². The molecular weight excluding hydrogens is 784 g/mol. The number of hydrogen-bond acceptors (Lipinski definition) is 11. The molecule has 6 atom stereocenters. The molecule has 3 heterocycles. The number of benzene rings is 1. The Balaban J connectivity index is 1.36. The topological polar surface area (TPSA) is 167 Å². The van der Waals surface area contributed by atoms with Crippen LogP contribution in [0.25, 0.3) is 10.8 Å². The number of carbonyl (C=O) groups excluding carboxylic acids is 4. The van der Waals surface area contributed by atoms with Gasteiger partial charge in [-0.05, 0) is 101 Å². The second-order valence-corrected chi connectivity index (χ2v) is 19.1. The number of alkyl halides is 3. The third kappa shape index (κ3) is 8.99. The molecule has 13 nitrogen and oxygen atoms in total. The zero-order chi connectivity index (χ0) is 42.3. The lowest BCUT2D eigenvalue weighted by molar-refractivity contribution is -0.257. The lowest BCUT2D eigenvalue weighted by atomic mass is 9.84. The SMILES string of the molecule is COC[C@@H]1CCCC/C=C\[C@@H]2C[C@@]2(C(=O)NS(=O)(=O)C2(C)CC2)CC(=O)[C@@H]2C[C@@H](Oc3nccc4cc(OC)ccc34)CN2C(=O)[C@H]1CC(=O)OC(C)(C)C(F)(F)F. The molecule has 2 saturated carbocycles. The fourth-order valence-corrected chi connectivity index (χ4v) is 9.40. The fourth-order valence-electron chi connectivity index (χ4n) is 8.07. The second-order valence-electron chi connectivity index (χ2n) is 16.9. The van der Waals surface area contributed by atoms with Crippen molar-refractivity contribution in [1.29, 1.82) is 0 Å². The Labute approximate surface area is 336 Å². The minimum atomic E-state index is -4.88. The summed E-state index contributed by atoms with van der Waals surface area (Å²) < 4.78 is 91.2. The molecule has 1 aromatic heterocycles. The minimum absolute atomic E-state index is 0.00327. The fraction of sp³-hybridized carbons (Fsp3) is 0.634. The zero-order valence-electron chi connectivity index (χ0n) is 33.4. The molecule has 4 aliphatic rings.